The Morgan fingerprint density at radius 3 is 1.18 bits per heavy atom. The van der Waals surface area contributed by atoms with Gasteiger partial charge in [0.2, 0.25) is 5.91 Å². The first kappa shape index (κ1) is 58.3. The lowest BCUT2D eigenvalue weighted by atomic mass is 10.0. The lowest BCUT2D eigenvalue weighted by Crippen LogP contribution is -2.45. The summed E-state index contributed by atoms with van der Waals surface area (Å²) in [6.07, 6.45) is 59.0. The van der Waals surface area contributed by atoms with E-state index in [9.17, 15) is 19.8 Å². The maximum atomic E-state index is 12.4. The molecule has 0 aliphatic carbocycles. The number of aliphatic hydroxyl groups excluding tert-OH is 2. The molecule has 0 aromatic heterocycles. The number of hydrogen-bond acceptors (Lipinski definition) is 5. The van der Waals surface area contributed by atoms with Crippen molar-refractivity contribution in [2.24, 2.45) is 0 Å². The normalized spacial score (nSPS) is 12.8. The van der Waals surface area contributed by atoms with Crippen LogP contribution in [0, 0.1) is 0 Å². The molecule has 0 aromatic carbocycles. The smallest absolute Gasteiger partial charge is 0.305 e. The highest BCUT2D eigenvalue weighted by Crippen LogP contribution is 2.16. The predicted molar refractivity (Wildman–Crippen MR) is 260 cm³/mol. The molecular formula is C54H103NO5. The van der Waals surface area contributed by atoms with E-state index in [1.165, 1.54) is 199 Å². The molecule has 0 fully saturated rings. The fourth-order valence-electron chi connectivity index (χ4n) is 8.10. The molecule has 0 aliphatic heterocycles. The van der Waals surface area contributed by atoms with Crippen molar-refractivity contribution in [1.82, 2.24) is 5.32 Å². The van der Waals surface area contributed by atoms with Gasteiger partial charge in [-0.3, -0.25) is 9.59 Å². The fraction of sp³-hybridized carbons (Fsp3) is 0.889. The maximum absolute atomic E-state index is 12.4. The van der Waals surface area contributed by atoms with Gasteiger partial charge in [0, 0.05) is 12.8 Å². The molecule has 0 aliphatic rings. The van der Waals surface area contributed by atoms with Crippen molar-refractivity contribution in [2.75, 3.05) is 13.2 Å². The van der Waals surface area contributed by atoms with E-state index in [1.807, 2.05) is 6.08 Å². The highest BCUT2D eigenvalue weighted by atomic mass is 16.5. The van der Waals surface area contributed by atoms with Gasteiger partial charge in [0.15, 0.2) is 0 Å². The SMILES string of the molecule is CCCCCCCCCC/C=C/C(O)C(CO)NC(=O)CCCCCCCCC/C=C\CCCCCCCCOC(=O)CCCCCCCCCCCCCCCCCC. The fourth-order valence-corrected chi connectivity index (χ4v) is 8.10. The van der Waals surface area contributed by atoms with E-state index in [-0.39, 0.29) is 18.5 Å². The lowest BCUT2D eigenvalue weighted by molar-refractivity contribution is -0.143. The number of ether oxygens (including phenoxy) is 1. The zero-order chi connectivity index (χ0) is 43.7. The van der Waals surface area contributed by atoms with Gasteiger partial charge in [-0.15, -0.1) is 0 Å². The van der Waals surface area contributed by atoms with E-state index in [2.05, 4.69) is 31.3 Å². The molecule has 3 N–H and O–H groups in total. The second-order valence-electron chi connectivity index (χ2n) is 18.2. The summed E-state index contributed by atoms with van der Waals surface area (Å²) in [5.74, 6) is -0.0817. The average Bonchev–Trinajstić information content (AvgIpc) is 3.25. The number of hydrogen-bond donors (Lipinski definition) is 3. The van der Waals surface area contributed by atoms with Crippen LogP contribution in [0.25, 0.3) is 0 Å². The minimum Gasteiger partial charge on any atom is -0.466 e. The Labute approximate surface area is 373 Å². The van der Waals surface area contributed by atoms with Gasteiger partial charge in [-0.2, -0.15) is 0 Å². The van der Waals surface area contributed by atoms with Crippen molar-refractivity contribution >= 4 is 11.9 Å². The quantitative estimate of drug-likeness (QED) is 0.0322. The van der Waals surface area contributed by atoms with E-state index in [4.69, 9.17) is 4.74 Å². The third-order valence-corrected chi connectivity index (χ3v) is 12.2. The number of esters is 1. The van der Waals surface area contributed by atoms with Gasteiger partial charge in [-0.05, 0) is 57.8 Å². The van der Waals surface area contributed by atoms with Crippen LogP contribution in [0.5, 0.6) is 0 Å². The molecular weight excluding hydrogens is 743 g/mol. The van der Waals surface area contributed by atoms with Gasteiger partial charge in [0.25, 0.3) is 0 Å². The van der Waals surface area contributed by atoms with Gasteiger partial charge in [-0.25, -0.2) is 0 Å². The highest BCUT2D eigenvalue weighted by molar-refractivity contribution is 5.76. The van der Waals surface area contributed by atoms with Crippen LogP contribution in [0.2, 0.25) is 0 Å². The first-order valence-corrected chi connectivity index (χ1v) is 26.6. The Morgan fingerprint density at radius 2 is 0.783 bits per heavy atom. The van der Waals surface area contributed by atoms with Crippen LogP contribution >= 0.6 is 0 Å². The Balaban J connectivity index is 3.44. The second-order valence-corrected chi connectivity index (χ2v) is 18.2. The zero-order valence-electron chi connectivity index (χ0n) is 40.2. The molecule has 6 nitrogen and oxygen atoms in total. The van der Waals surface area contributed by atoms with Gasteiger partial charge < -0.3 is 20.3 Å². The van der Waals surface area contributed by atoms with Crippen molar-refractivity contribution in [2.45, 2.75) is 296 Å². The molecule has 0 aromatic rings. The highest BCUT2D eigenvalue weighted by Gasteiger charge is 2.18. The van der Waals surface area contributed by atoms with Crippen LogP contribution < -0.4 is 5.32 Å². The number of carbonyl (C=O) groups is 2. The van der Waals surface area contributed by atoms with E-state index < -0.39 is 12.1 Å². The van der Waals surface area contributed by atoms with Crippen LogP contribution in [0.4, 0.5) is 0 Å². The van der Waals surface area contributed by atoms with Crippen molar-refractivity contribution in [3.63, 3.8) is 0 Å². The van der Waals surface area contributed by atoms with E-state index in [1.54, 1.807) is 6.08 Å². The van der Waals surface area contributed by atoms with E-state index >= 15 is 0 Å². The molecule has 0 radical (unpaired) electrons. The molecule has 0 rings (SSSR count). The number of rotatable bonds is 49. The van der Waals surface area contributed by atoms with Gasteiger partial charge in [-0.1, -0.05) is 237 Å². The molecule has 0 heterocycles. The summed E-state index contributed by atoms with van der Waals surface area (Å²) in [4.78, 5) is 24.4. The molecule has 60 heavy (non-hydrogen) atoms. The summed E-state index contributed by atoms with van der Waals surface area (Å²) in [5.41, 5.74) is 0. The molecule has 2 atom stereocenters. The van der Waals surface area contributed by atoms with E-state index in [0.717, 1.165) is 57.8 Å². The standard InChI is InChI=1S/C54H103NO5/c1-3-5-7-9-11-13-15-16-17-22-25-28-32-36-40-44-48-54(59)60-49-45-41-37-33-29-26-23-20-18-19-21-24-27-31-35-39-43-47-53(58)55-51(50-56)52(57)46-42-38-34-30-14-12-10-8-6-4-2/h18,20,42,46,51-52,56-57H,3-17,19,21-41,43-45,47-50H2,1-2H3,(H,55,58)/b20-18-,46-42+. The van der Waals surface area contributed by atoms with Crippen molar-refractivity contribution in [3.8, 4) is 0 Å². The summed E-state index contributed by atoms with van der Waals surface area (Å²) in [6, 6.07) is -0.634. The molecule has 354 valence electrons. The molecule has 2 unspecified atom stereocenters. The number of aliphatic hydroxyl groups is 2. The molecule has 0 saturated heterocycles. The molecule has 0 spiro atoms. The van der Waals surface area contributed by atoms with Crippen molar-refractivity contribution in [3.05, 3.63) is 24.3 Å². The first-order valence-electron chi connectivity index (χ1n) is 26.6. The summed E-state index contributed by atoms with van der Waals surface area (Å²) >= 11 is 0. The topological polar surface area (TPSA) is 95.9 Å². The third-order valence-electron chi connectivity index (χ3n) is 12.2. The third kappa shape index (κ3) is 45.9. The minimum absolute atomic E-state index is 0.000227. The number of amides is 1. The van der Waals surface area contributed by atoms with Gasteiger partial charge in [0.1, 0.15) is 0 Å². The number of nitrogens with one attached hydrogen (secondary N) is 1. The maximum Gasteiger partial charge on any atom is 0.305 e. The molecule has 1 amide bonds. The predicted octanol–water partition coefficient (Wildman–Crippen LogP) is 15.9. The van der Waals surface area contributed by atoms with Crippen molar-refractivity contribution in [1.29, 1.82) is 0 Å². The summed E-state index contributed by atoms with van der Waals surface area (Å²) in [7, 11) is 0. The Kier molecular flexibility index (Phi) is 48.6. The number of allylic oxidation sites excluding steroid dienone is 3. The number of carbonyl (C=O) groups excluding carboxylic acids is 2. The summed E-state index contributed by atoms with van der Waals surface area (Å²) in [6.45, 7) is 4.87. The second kappa shape index (κ2) is 50.0. The minimum atomic E-state index is -0.850. The lowest BCUT2D eigenvalue weighted by Gasteiger charge is -2.20. The largest absolute Gasteiger partial charge is 0.466 e. The molecule has 0 saturated carbocycles. The Morgan fingerprint density at radius 1 is 0.450 bits per heavy atom. The average molecular weight is 846 g/mol. The zero-order valence-corrected chi connectivity index (χ0v) is 40.2. The van der Waals surface area contributed by atoms with E-state index in [0.29, 0.717) is 19.4 Å². The van der Waals surface area contributed by atoms with Crippen LogP contribution in [-0.4, -0.2) is 47.4 Å². The van der Waals surface area contributed by atoms with Crippen molar-refractivity contribution < 1.29 is 24.5 Å². The summed E-state index contributed by atoms with van der Waals surface area (Å²) in [5, 5.41) is 22.9. The molecule has 6 heteroatoms. The van der Waals surface area contributed by atoms with Gasteiger partial charge in [0.05, 0.1) is 25.4 Å². The van der Waals surface area contributed by atoms with Crippen LogP contribution in [0.1, 0.15) is 284 Å². The van der Waals surface area contributed by atoms with Crippen LogP contribution in [0.15, 0.2) is 24.3 Å². The monoisotopic (exact) mass is 846 g/mol. The van der Waals surface area contributed by atoms with Crippen LogP contribution in [0.3, 0.4) is 0 Å². The molecule has 0 bridgehead atoms. The Bertz CT molecular complexity index is 935. The summed E-state index contributed by atoms with van der Waals surface area (Å²) < 4.78 is 5.47. The van der Waals surface area contributed by atoms with Gasteiger partial charge >= 0.3 is 5.97 Å². The van der Waals surface area contributed by atoms with Crippen LogP contribution in [-0.2, 0) is 14.3 Å². The number of unbranched alkanes of at least 4 members (excludes halogenated alkanes) is 36. The first-order chi connectivity index (χ1) is 29.5. The Hall–Kier alpha value is -1.66.